The second kappa shape index (κ2) is 4.53. The fraction of sp³-hybridized carbons (Fsp3) is 0.417. The quantitative estimate of drug-likeness (QED) is 0.619. The largest absolute Gasteiger partial charge is 0.486 e. The molecule has 5 heteroatoms. The standard InChI is InChI=1S/C12H15NO4/c1-7-3-12-11(4-10(7)13)16-6-9(17-12)5-15-8(2)14/h3-4,9H,5-6,13H2,1-2H3/t9-/m0/s1. The maximum atomic E-state index is 10.7. The molecule has 0 saturated carbocycles. The maximum absolute atomic E-state index is 10.7. The van der Waals surface area contributed by atoms with Gasteiger partial charge in [-0.2, -0.15) is 0 Å². The Morgan fingerprint density at radius 1 is 1.53 bits per heavy atom. The van der Waals surface area contributed by atoms with Gasteiger partial charge in [0, 0.05) is 18.7 Å². The molecule has 1 atom stereocenters. The zero-order chi connectivity index (χ0) is 12.4. The van der Waals surface area contributed by atoms with Crippen LogP contribution in [0.4, 0.5) is 5.69 Å². The minimum absolute atomic E-state index is 0.193. The molecule has 2 rings (SSSR count). The summed E-state index contributed by atoms with van der Waals surface area (Å²) in [7, 11) is 0. The van der Waals surface area contributed by atoms with Crippen molar-refractivity contribution in [3.8, 4) is 11.5 Å². The Kier molecular flexibility index (Phi) is 3.08. The number of rotatable bonds is 2. The third-order valence-electron chi connectivity index (χ3n) is 2.52. The first kappa shape index (κ1) is 11.6. The summed E-state index contributed by atoms with van der Waals surface area (Å²) in [6, 6.07) is 3.57. The van der Waals surface area contributed by atoms with E-state index < -0.39 is 0 Å². The number of hydrogen-bond acceptors (Lipinski definition) is 5. The van der Waals surface area contributed by atoms with Gasteiger partial charge in [0.2, 0.25) is 0 Å². The van der Waals surface area contributed by atoms with Crippen LogP contribution in [-0.2, 0) is 9.53 Å². The van der Waals surface area contributed by atoms with Crippen molar-refractivity contribution in [1.29, 1.82) is 0 Å². The van der Waals surface area contributed by atoms with Crippen molar-refractivity contribution in [2.24, 2.45) is 0 Å². The number of esters is 1. The summed E-state index contributed by atoms with van der Waals surface area (Å²) in [4.78, 5) is 10.7. The van der Waals surface area contributed by atoms with Crippen LogP contribution in [-0.4, -0.2) is 25.3 Å². The number of aryl methyl sites for hydroxylation is 1. The van der Waals surface area contributed by atoms with Crippen molar-refractivity contribution < 1.29 is 19.0 Å². The van der Waals surface area contributed by atoms with E-state index in [4.69, 9.17) is 19.9 Å². The SMILES string of the molecule is CC(=O)OC[C@H]1COc2cc(N)c(C)cc2O1. The van der Waals surface area contributed by atoms with Gasteiger partial charge in [0.05, 0.1) is 0 Å². The van der Waals surface area contributed by atoms with Gasteiger partial charge in [0.1, 0.15) is 13.2 Å². The third-order valence-corrected chi connectivity index (χ3v) is 2.52. The van der Waals surface area contributed by atoms with Gasteiger partial charge in [-0.25, -0.2) is 0 Å². The number of ether oxygens (including phenoxy) is 3. The highest BCUT2D eigenvalue weighted by Gasteiger charge is 2.22. The molecule has 92 valence electrons. The van der Waals surface area contributed by atoms with Crippen molar-refractivity contribution in [2.75, 3.05) is 18.9 Å². The molecule has 1 aromatic carbocycles. The second-order valence-electron chi connectivity index (χ2n) is 4.01. The predicted molar refractivity (Wildman–Crippen MR) is 62.1 cm³/mol. The van der Waals surface area contributed by atoms with Gasteiger partial charge >= 0.3 is 5.97 Å². The molecule has 0 unspecified atom stereocenters. The van der Waals surface area contributed by atoms with Crippen LogP contribution in [0.2, 0.25) is 0 Å². The summed E-state index contributed by atoms with van der Waals surface area (Å²) in [5.41, 5.74) is 7.38. The average molecular weight is 237 g/mol. The molecule has 1 aliphatic heterocycles. The van der Waals surface area contributed by atoms with E-state index in [9.17, 15) is 4.79 Å². The molecule has 0 aromatic heterocycles. The Morgan fingerprint density at radius 2 is 2.29 bits per heavy atom. The van der Waals surface area contributed by atoms with Gasteiger partial charge in [0.15, 0.2) is 17.6 Å². The van der Waals surface area contributed by atoms with Gasteiger partial charge < -0.3 is 19.9 Å². The lowest BCUT2D eigenvalue weighted by atomic mass is 10.1. The summed E-state index contributed by atoms with van der Waals surface area (Å²) in [6.45, 7) is 3.80. The van der Waals surface area contributed by atoms with Crippen molar-refractivity contribution in [3.63, 3.8) is 0 Å². The first-order chi connectivity index (χ1) is 8.06. The van der Waals surface area contributed by atoms with Crippen LogP contribution in [0.15, 0.2) is 12.1 Å². The smallest absolute Gasteiger partial charge is 0.302 e. The van der Waals surface area contributed by atoms with Crippen LogP contribution >= 0.6 is 0 Å². The van der Waals surface area contributed by atoms with Crippen molar-refractivity contribution in [1.82, 2.24) is 0 Å². The Balaban J connectivity index is 2.08. The van der Waals surface area contributed by atoms with E-state index in [1.165, 1.54) is 6.92 Å². The molecule has 1 aliphatic rings. The summed E-state index contributed by atoms with van der Waals surface area (Å²) >= 11 is 0. The number of nitrogen functional groups attached to an aromatic ring is 1. The normalized spacial score (nSPS) is 17.6. The number of fused-ring (bicyclic) bond motifs is 1. The molecule has 0 bridgehead atoms. The lowest BCUT2D eigenvalue weighted by Crippen LogP contribution is -2.34. The zero-order valence-corrected chi connectivity index (χ0v) is 9.86. The van der Waals surface area contributed by atoms with Gasteiger partial charge in [0.25, 0.3) is 0 Å². The number of benzene rings is 1. The molecule has 17 heavy (non-hydrogen) atoms. The first-order valence-corrected chi connectivity index (χ1v) is 5.39. The summed E-state index contributed by atoms with van der Waals surface area (Å²) in [5, 5.41) is 0. The minimum atomic E-state index is -0.326. The highest BCUT2D eigenvalue weighted by atomic mass is 16.6. The molecule has 0 spiro atoms. The van der Waals surface area contributed by atoms with Crippen molar-refractivity contribution in [2.45, 2.75) is 20.0 Å². The molecule has 0 aliphatic carbocycles. The second-order valence-corrected chi connectivity index (χ2v) is 4.01. The Bertz CT molecular complexity index is 444. The number of nitrogens with two attached hydrogens (primary N) is 1. The highest BCUT2D eigenvalue weighted by Crippen LogP contribution is 2.35. The molecule has 1 aromatic rings. The van der Waals surface area contributed by atoms with Crippen LogP contribution in [0, 0.1) is 6.92 Å². The Labute approximate surface area is 99.5 Å². The molecule has 0 amide bonds. The lowest BCUT2D eigenvalue weighted by molar-refractivity contribution is -0.144. The van der Waals surface area contributed by atoms with Crippen LogP contribution in [0.5, 0.6) is 11.5 Å². The monoisotopic (exact) mass is 237 g/mol. The minimum Gasteiger partial charge on any atom is -0.486 e. The van der Waals surface area contributed by atoms with E-state index >= 15 is 0 Å². The predicted octanol–water partition coefficient (Wildman–Crippen LogP) is 1.28. The Morgan fingerprint density at radius 3 is 3.00 bits per heavy atom. The average Bonchev–Trinajstić information content (AvgIpc) is 2.28. The van der Waals surface area contributed by atoms with E-state index in [1.807, 2.05) is 13.0 Å². The van der Waals surface area contributed by atoms with Crippen LogP contribution in [0.1, 0.15) is 12.5 Å². The van der Waals surface area contributed by atoms with Gasteiger partial charge in [-0.3, -0.25) is 4.79 Å². The molecule has 0 radical (unpaired) electrons. The van der Waals surface area contributed by atoms with Gasteiger partial charge in [-0.1, -0.05) is 0 Å². The van der Waals surface area contributed by atoms with E-state index in [-0.39, 0.29) is 18.7 Å². The number of carbonyl (C=O) groups is 1. The molecule has 5 nitrogen and oxygen atoms in total. The van der Waals surface area contributed by atoms with Crippen molar-refractivity contribution in [3.05, 3.63) is 17.7 Å². The molecular formula is C12H15NO4. The van der Waals surface area contributed by atoms with E-state index in [0.29, 0.717) is 23.8 Å². The maximum Gasteiger partial charge on any atom is 0.302 e. The van der Waals surface area contributed by atoms with Crippen molar-refractivity contribution >= 4 is 11.7 Å². The van der Waals surface area contributed by atoms with E-state index in [0.717, 1.165) is 5.56 Å². The number of hydrogen-bond donors (Lipinski definition) is 1. The fourth-order valence-corrected chi connectivity index (χ4v) is 1.57. The topological polar surface area (TPSA) is 70.8 Å². The first-order valence-electron chi connectivity index (χ1n) is 5.39. The molecular weight excluding hydrogens is 222 g/mol. The van der Waals surface area contributed by atoms with E-state index in [2.05, 4.69) is 0 Å². The number of carbonyl (C=O) groups excluding carboxylic acids is 1. The fourth-order valence-electron chi connectivity index (χ4n) is 1.57. The van der Waals surface area contributed by atoms with Crippen LogP contribution < -0.4 is 15.2 Å². The lowest BCUT2D eigenvalue weighted by Gasteiger charge is -2.26. The van der Waals surface area contributed by atoms with Crippen LogP contribution in [0.3, 0.4) is 0 Å². The molecule has 2 N–H and O–H groups in total. The van der Waals surface area contributed by atoms with Gasteiger partial charge in [-0.05, 0) is 18.6 Å². The summed E-state index contributed by atoms with van der Waals surface area (Å²) < 4.78 is 16.0. The summed E-state index contributed by atoms with van der Waals surface area (Å²) in [6.07, 6.45) is -0.269. The summed E-state index contributed by atoms with van der Waals surface area (Å²) in [5.74, 6) is 0.945. The van der Waals surface area contributed by atoms with Gasteiger partial charge in [-0.15, -0.1) is 0 Å². The molecule has 1 heterocycles. The molecule has 0 fully saturated rings. The Hall–Kier alpha value is -1.91. The third kappa shape index (κ3) is 2.61. The van der Waals surface area contributed by atoms with E-state index in [1.54, 1.807) is 6.07 Å². The molecule has 0 saturated heterocycles. The van der Waals surface area contributed by atoms with Crippen LogP contribution in [0.25, 0.3) is 0 Å². The zero-order valence-electron chi connectivity index (χ0n) is 9.86. The number of anilines is 1. The highest BCUT2D eigenvalue weighted by molar-refractivity contribution is 5.66.